The van der Waals surface area contributed by atoms with Crippen molar-refractivity contribution in [3.05, 3.63) is 47.5 Å². The lowest BCUT2D eigenvalue weighted by atomic mass is 9.95. The van der Waals surface area contributed by atoms with Crippen molar-refractivity contribution in [3.63, 3.8) is 0 Å². The fourth-order valence-corrected chi connectivity index (χ4v) is 5.02. The summed E-state index contributed by atoms with van der Waals surface area (Å²) in [6.07, 6.45) is 7.88. The zero-order valence-corrected chi connectivity index (χ0v) is 17.5. The third-order valence-corrected chi connectivity index (χ3v) is 6.83. The molecule has 1 aliphatic carbocycles. The summed E-state index contributed by atoms with van der Waals surface area (Å²) in [5, 5.41) is 10.8. The zero-order chi connectivity index (χ0) is 20.1. The maximum atomic E-state index is 12.7. The van der Waals surface area contributed by atoms with Gasteiger partial charge < -0.3 is 14.9 Å². The van der Waals surface area contributed by atoms with Crippen LogP contribution in [-0.2, 0) is 11.2 Å². The molecule has 2 fully saturated rings. The fourth-order valence-electron chi connectivity index (χ4n) is 5.02. The van der Waals surface area contributed by atoms with Gasteiger partial charge in [-0.1, -0.05) is 36.4 Å². The van der Waals surface area contributed by atoms with Crippen LogP contribution < -0.4 is 0 Å². The van der Waals surface area contributed by atoms with Crippen LogP contribution in [-0.4, -0.2) is 83.7 Å². The Balaban J connectivity index is 1.22. The van der Waals surface area contributed by atoms with Crippen LogP contribution >= 0.6 is 0 Å². The number of nitrogens with zero attached hydrogens (tertiary/aromatic N) is 3. The van der Waals surface area contributed by atoms with E-state index in [1.54, 1.807) is 0 Å². The molecule has 1 aromatic carbocycles. The molecule has 0 radical (unpaired) electrons. The Morgan fingerprint density at radius 1 is 1.03 bits per heavy atom. The molecular weight excluding hydrogens is 362 g/mol. The van der Waals surface area contributed by atoms with E-state index in [0.29, 0.717) is 6.54 Å². The van der Waals surface area contributed by atoms with Gasteiger partial charge in [0.1, 0.15) is 0 Å². The highest BCUT2D eigenvalue weighted by molar-refractivity contribution is 5.93. The minimum atomic E-state index is -0.437. The van der Waals surface area contributed by atoms with Gasteiger partial charge >= 0.3 is 0 Å². The van der Waals surface area contributed by atoms with Gasteiger partial charge in [-0.05, 0) is 44.1 Å². The Labute approximate surface area is 175 Å². The van der Waals surface area contributed by atoms with E-state index in [1.807, 2.05) is 4.90 Å². The van der Waals surface area contributed by atoms with E-state index < -0.39 is 6.10 Å². The molecule has 1 aromatic rings. The first-order valence-electron chi connectivity index (χ1n) is 11.4. The number of benzene rings is 1. The van der Waals surface area contributed by atoms with Gasteiger partial charge in [0, 0.05) is 57.4 Å². The molecule has 2 aliphatic heterocycles. The second kappa shape index (κ2) is 9.88. The van der Waals surface area contributed by atoms with Crippen molar-refractivity contribution in [2.75, 3.05) is 45.8 Å². The lowest BCUT2D eigenvalue weighted by Crippen LogP contribution is -2.59. The maximum absolute atomic E-state index is 12.7. The number of likely N-dealkylation sites (tertiary alicyclic amines) is 1. The SMILES string of the molecule is O=C(C1=CCCCC1)N1CC[C@@H](N2CCN(CCc3ccccc3)CC2)[C@H](O)C1. The number of carbonyl (C=O) groups is 1. The molecule has 2 atom stereocenters. The molecule has 0 bridgehead atoms. The molecule has 0 aromatic heterocycles. The van der Waals surface area contributed by atoms with Crippen LogP contribution in [0.5, 0.6) is 0 Å². The summed E-state index contributed by atoms with van der Waals surface area (Å²) in [4.78, 5) is 19.6. The van der Waals surface area contributed by atoms with E-state index in [2.05, 4.69) is 46.2 Å². The number of hydrogen-bond donors (Lipinski definition) is 1. The number of piperidine rings is 1. The summed E-state index contributed by atoms with van der Waals surface area (Å²) in [7, 11) is 0. The normalized spacial score (nSPS) is 26.9. The number of aliphatic hydroxyl groups excluding tert-OH is 1. The number of piperazine rings is 1. The first kappa shape index (κ1) is 20.6. The van der Waals surface area contributed by atoms with Crippen molar-refractivity contribution >= 4 is 5.91 Å². The zero-order valence-electron chi connectivity index (χ0n) is 17.5. The molecule has 5 nitrogen and oxygen atoms in total. The van der Waals surface area contributed by atoms with Crippen LogP contribution in [0.4, 0.5) is 0 Å². The van der Waals surface area contributed by atoms with Crippen molar-refractivity contribution in [1.29, 1.82) is 0 Å². The molecule has 29 heavy (non-hydrogen) atoms. The van der Waals surface area contributed by atoms with Crippen LogP contribution in [0.1, 0.15) is 37.7 Å². The Kier molecular flexibility index (Phi) is 7.01. The average Bonchev–Trinajstić information content (AvgIpc) is 2.79. The quantitative estimate of drug-likeness (QED) is 0.828. The second-order valence-corrected chi connectivity index (χ2v) is 8.76. The van der Waals surface area contributed by atoms with E-state index in [9.17, 15) is 9.90 Å². The van der Waals surface area contributed by atoms with E-state index in [1.165, 1.54) is 12.0 Å². The number of β-amino-alcohol motifs (C(OH)–C–C–N with tert-alkyl or cyclic N) is 1. The first-order chi connectivity index (χ1) is 14.2. The van der Waals surface area contributed by atoms with E-state index in [4.69, 9.17) is 0 Å². The van der Waals surface area contributed by atoms with Gasteiger partial charge in [-0.15, -0.1) is 0 Å². The van der Waals surface area contributed by atoms with Crippen molar-refractivity contribution < 1.29 is 9.90 Å². The molecule has 0 unspecified atom stereocenters. The number of allylic oxidation sites excluding steroid dienone is 1. The minimum absolute atomic E-state index is 0.160. The topological polar surface area (TPSA) is 47.0 Å². The summed E-state index contributed by atoms with van der Waals surface area (Å²) >= 11 is 0. The Hall–Kier alpha value is -1.69. The summed E-state index contributed by atoms with van der Waals surface area (Å²) in [5.41, 5.74) is 2.37. The lowest BCUT2D eigenvalue weighted by molar-refractivity contribution is -0.132. The predicted molar refractivity (Wildman–Crippen MR) is 116 cm³/mol. The van der Waals surface area contributed by atoms with Crippen LogP contribution in [0.3, 0.4) is 0 Å². The summed E-state index contributed by atoms with van der Waals surface area (Å²) < 4.78 is 0. The number of hydrogen-bond acceptors (Lipinski definition) is 4. The second-order valence-electron chi connectivity index (χ2n) is 8.76. The van der Waals surface area contributed by atoms with Gasteiger partial charge in [0.2, 0.25) is 5.91 Å². The van der Waals surface area contributed by atoms with Crippen LogP contribution in [0.25, 0.3) is 0 Å². The average molecular weight is 398 g/mol. The molecule has 2 saturated heterocycles. The molecule has 158 valence electrons. The molecule has 0 saturated carbocycles. The number of rotatable bonds is 5. The van der Waals surface area contributed by atoms with Gasteiger partial charge in [0.05, 0.1) is 6.10 Å². The highest BCUT2D eigenvalue weighted by Gasteiger charge is 2.35. The van der Waals surface area contributed by atoms with Gasteiger partial charge in [-0.2, -0.15) is 0 Å². The van der Waals surface area contributed by atoms with Crippen LogP contribution in [0, 0.1) is 0 Å². The predicted octanol–water partition coefficient (Wildman–Crippen LogP) is 2.31. The molecule has 1 amide bonds. The smallest absolute Gasteiger partial charge is 0.249 e. The number of aliphatic hydroxyl groups is 1. The Bertz CT molecular complexity index is 697. The highest BCUT2D eigenvalue weighted by Crippen LogP contribution is 2.24. The molecule has 0 spiro atoms. The molecular formula is C24H35N3O2. The van der Waals surface area contributed by atoms with Crippen molar-refractivity contribution in [2.24, 2.45) is 0 Å². The largest absolute Gasteiger partial charge is 0.390 e. The minimum Gasteiger partial charge on any atom is -0.390 e. The van der Waals surface area contributed by atoms with E-state index in [0.717, 1.165) is 76.9 Å². The Morgan fingerprint density at radius 2 is 1.83 bits per heavy atom. The van der Waals surface area contributed by atoms with Gasteiger partial charge in [-0.3, -0.25) is 9.69 Å². The highest BCUT2D eigenvalue weighted by atomic mass is 16.3. The molecule has 2 heterocycles. The third-order valence-electron chi connectivity index (χ3n) is 6.83. The van der Waals surface area contributed by atoms with Crippen LogP contribution in [0.2, 0.25) is 0 Å². The molecule has 4 rings (SSSR count). The van der Waals surface area contributed by atoms with Crippen LogP contribution in [0.15, 0.2) is 42.0 Å². The monoisotopic (exact) mass is 397 g/mol. The molecule has 1 N–H and O–H groups in total. The number of carbonyl (C=O) groups excluding carboxylic acids is 1. The van der Waals surface area contributed by atoms with Gasteiger partial charge in [-0.25, -0.2) is 0 Å². The standard InChI is InChI=1S/C24H35N3O2/c28-23-19-27(24(29)21-9-5-2-6-10-21)14-12-22(23)26-17-15-25(16-18-26)13-11-20-7-3-1-4-8-20/h1,3-4,7-9,22-23,28H,2,5-6,10-19H2/t22-,23-/m1/s1. The maximum Gasteiger partial charge on any atom is 0.249 e. The van der Waals surface area contributed by atoms with Gasteiger partial charge in [0.25, 0.3) is 0 Å². The van der Waals surface area contributed by atoms with E-state index in [-0.39, 0.29) is 11.9 Å². The summed E-state index contributed by atoms with van der Waals surface area (Å²) in [6.45, 7) is 6.49. The van der Waals surface area contributed by atoms with E-state index >= 15 is 0 Å². The molecule has 3 aliphatic rings. The van der Waals surface area contributed by atoms with Gasteiger partial charge in [0.15, 0.2) is 0 Å². The van der Waals surface area contributed by atoms with Crippen molar-refractivity contribution in [1.82, 2.24) is 14.7 Å². The fraction of sp³-hybridized carbons (Fsp3) is 0.625. The summed E-state index contributed by atoms with van der Waals surface area (Å²) in [6, 6.07) is 10.9. The first-order valence-corrected chi connectivity index (χ1v) is 11.4. The summed E-state index contributed by atoms with van der Waals surface area (Å²) in [5.74, 6) is 0.160. The van der Waals surface area contributed by atoms with Crippen molar-refractivity contribution in [2.45, 2.75) is 50.7 Å². The third kappa shape index (κ3) is 5.27. The number of amides is 1. The Morgan fingerprint density at radius 3 is 2.52 bits per heavy atom. The molecule has 5 heteroatoms. The van der Waals surface area contributed by atoms with Crippen molar-refractivity contribution in [3.8, 4) is 0 Å². The lowest BCUT2D eigenvalue weighted by Gasteiger charge is -2.45.